The highest BCUT2D eigenvalue weighted by atomic mass is 32.2. The first kappa shape index (κ1) is 17.6. The van der Waals surface area contributed by atoms with Gasteiger partial charge < -0.3 is 0 Å². The van der Waals surface area contributed by atoms with Crippen LogP contribution in [0, 0.1) is 5.82 Å². The van der Waals surface area contributed by atoms with Gasteiger partial charge in [-0.1, -0.05) is 18.2 Å². The van der Waals surface area contributed by atoms with Crippen molar-refractivity contribution in [3.63, 3.8) is 0 Å². The molecule has 2 aromatic carbocycles. The summed E-state index contributed by atoms with van der Waals surface area (Å²) >= 11 is 0. The lowest BCUT2D eigenvalue weighted by molar-refractivity contribution is 0.181. The van der Waals surface area contributed by atoms with Gasteiger partial charge in [0.1, 0.15) is 5.82 Å². The molecule has 138 valence electrons. The third-order valence-corrected chi connectivity index (χ3v) is 7.23. The van der Waals surface area contributed by atoms with E-state index in [-0.39, 0.29) is 5.82 Å². The maximum Gasteiger partial charge on any atom is 0.243 e. The Morgan fingerprint density at radius 2 is 1.69 bits per heavy atom. The lowest BCUT2D eigenvalue weighted by Crippen LogP contribution is -2.48. The Balaban J connectivity index is 1.42. The highest BCUT2D eigenvalue weighted by molar-refractivity contribution is 7.89. The van der Waals surface area contributed by atoms with Crippen LogP contribution in [0.3, 0.4) is 0 Å². The van der Waals surface area contributed by atoms with Crippen LogP contribution < -0.4 is 0 Å². The van der Waals surface area contributed by atoms with Crippen molar-refractivity contribution < 1.29 is 12.8 Å². The first-order chi connectivity index (χ1) is 12.5. The van der Waals surface area contributed by atoms with E-state index in [1.54, 1.807) is 16.4 Å². The molecule has 0 radical (unpaired) electrons. The number of hydrogen-bond donors (Lipinski definition) is 0. The molecule has 4 rings (SSSR count). The van der Waals surface area contributed by atoms with Crippen LogP contribution in [0.1, 0.15) is 23.1 Å². The number of sulfonamides is 1. The van der Waals surface area contributed by atoms with E-state index in [1.807, 2.05) is 18.2 Å². The average molecular weight is 374 g/mol. The number of aryl methyl sites for hydroxylation is 2. The molecule has 4 nitrogen and oxygen atoms in total. The number of hydrogen-bond acceptors (Lipinski definition) is 3. The lowest BCUT2D eigenvalue weighted by Gasteiger charge is -2.34. The Kier molecular flexibility index (Phi) is 4.82. The largest absolute Gasteiger partial charge is 0.296 e. The number of piperazine rings is 1. The lowest BCUT2D eigenvalue weighted by atomic mass is 10.1. The summed E-state index contributed by atoms with van der Waals surface area (Å²) in [5, 5.41) is 0. The Morgan fingerprint density at radius 3 is 2.46 bits per heavy atom. The molecule has 0 N–H and O–H groups in total. The molecule has 2 aromatic rings. The molecule has 0 aromatic heterocycles. The number of benzene rings is 2. The summed E-state index contributed by atoms with van der Waals surface area (Å²) in [6.45, 7) is 2.88. The summed E-state index contributed by atoms with van der Waals surface area (Å²) in [6, 6.07) is 12.2. The minimum atomic E-state index is -3.44. The highest BCUT2D eigenvalue weighted by Crippen LogP contribution is 2.26. The predicted octanol–water partition coefficient (Wildman–Crippen LogP) is 2.82. The van der Waals surface area contributed by atoms with Crippen molar-refractivity contribution in [1.82, 2.24) is 9.21 Å². The quantitative estimate of drug-likeness (QED) is 0.826. The van der Waals surface area contributed by atoms with Crippen LogP contribution in [-0.2, 0) is 29.4 Å². The van der Waals surface area contributed by atoms with E-state index in [9.17, 15) is 12.8 Å². The van der Waals surface area contributed by atoms with Gasteiger partial charge in [0.2, 0.25) is 10.0 Å². The molecule has 0 bridgehead atoms. The van der Waals surface area contributed by atoms with E-state index in [4.69, 9.17) is 0 Å². The second kappa shape index (κ2) is 7.10. The molecule has 0 amide bonds. The van der Waals surface area contributed by atoms with Crippen LogP contribution >= 0.6 is 0 Å². The molecule has 0 unspecified atom stereocenters. The van der Waals surface area contributed by atoms with Gasteiger partial charge in [0.05, 0.1) is 4.90 Å². The summed E-state index contributed by atoms with van der Waals surface area (Å²) in [7, 11) is -3.44. The summed E-state index contributed by atoms with van der Waals surface area (Å²) in [4.78, 5) is 2.58. The molecule has 1 aliphatic heterocycles. The van der Waals surface area contributed by atoms with E-state index in [1.165, 1.54) is 23.3 Å². The van der Waals surface area contributed by atoms with E-state index >= 15 is 0 Å². The predicted molar refractivity (Wildman–Crippen MR) is 98.9 cm³/mol. The molecule has 1 fully saturated rings. The smallest absolute Gasteiger partial charge is 0.243 e. The fraction of sp³-hybridized carbons (Fsp3) is 0.400. The normalized spacial score (nSPS) is 18.8. The minimum absolute atomic E-state index is 0.236. The maximum absolute atomic E-state index is 13.3. The Hall–Kier alpha value is -1.76. The molecule has 26 heavy (non-hydrogen) atoms. The maximum atomic E-state index is 13.3. The van der Waals surface area contributed by atoms with Crippen molar-refractivity contribution in [3.05, 3.63) is 65.0 Å². The van der Waals surface area contributed by atoms with Gasteiger partial charge >= 0.3 is 0 Å². The zero-order valence-electron chi connectivity index (χ0n) is 14.7. The molecular weight excluding hydrogens is 351 g/mol. The second-order valence-corrected chi connectivity index (χ2v) is 9.03. The SMILES string of the molecule is O=S(=O)(c1ccc2c(c1)CCC2)N1CCN(Cc2cccc(F)c2)CC1. The van der Waals surface area contributed by atoms with Crippen molar-refractivity contribution in [2.24, 2.45) is 0 Å². The summed E-state index contributed by atoms with van der Waals surface area (Å²) < 4.78 is 40.8. The van der Waals surface area contributed by atoms with Crippen LogP contribution in [0.15, 0.2) is 47.4 Å². The van der Waals surface area contributed by atoms with Gasteiger partial charge in [-0.05, 0) is 60.2 Å². The van der Waals surface area contributed by atoms with Crippen molar-refractivity contribution in [2.45, 2.75) is 30.7 Å². The second-order valence-electron chi connectivity index (χ2n) is 7.09. The van der Waals surface area contributed by atoms with E-state index in [0.29, 0.717) is 37.6 Å². The number of rotatable bonds is 4. The fourth-order valence-corrected chi connectivity index (χ4v) is 5.35. The van der Waals surface area contributed by atoms with Gasteiger partial charge in [-0.3, -0.25) is 4.90 Å². The number of nitrogens with zero attached hydrogens (tertiary/aromatic N) is 2. The molecular formula is C20H23FN2O2S. The third-order valence-electron chi connectivity index (χ3n) is 5.33. The van der Waals surface area contributed by atoms with E-state index in [2.05, 4.69) is 4.90 Å². The van der Waals surface area contributed by atoms with Gasteiger partial charge in [0.15, 0.2) is 0 Å². The molecule has 1 saturated heterocycles. The highest BCUT2D eigenvalue weighted by Gasteiger charge is 2.29. The summed E-state index contributed by atoms with van der Waals surface area (Å²) in [6.07, 6.45) is 3.13. The molecule has 0 saturated carbocycles. The zero-order valence-corrected chi connectivity index (χ0v) is 15.5. The third kappa shape index (κ3) is 3.54. The Bertz CT molecular complexity index is 906. The first-order valence-corrected chi connectivity index (χ1v) is 10.6. The fourth-order valence-electron chi connectivity index (χ4n) is 3.88. The van der Waals surface area contributed by atoms with Crippen molar-refractivity contribution >= 4 is 10.0 Å². The van der Waals surface area contributed by atoms with Crippen LogP contribution in [0.4, 0.5) is 4.39 Å². The van der Waals surface area contributed by atoms with Gasteiger partial charge in [0.25, 0.3) is 0 Å². The van der Waals surface area contributed by atoms with Gasteiger partial charge in [-0.2, -0.15) is 4.31 Å². The number of fused-ring (bicyclic) bond motifs is 1. The Labute approximate surface area is 154 Å². The van der Waals surface area contributed by atoms with Crippen molar-refractivity contribution in [1.29, 1.82) is 0 Å². The van der Waals surface area contributed by atoms with Crippen LogP contribution in [0.25, 0.3) is 0 Å². The minimum Gasteiger partial charge on any atom is -0.296 e. The molecule has 0 spiro atoms. The van der Waals surface area contributed by atoms with Gasteiger partial charge in [-0.15, -0.1) is 0 Å². The van der Waals surface area contributed by atoms with E-state index < -0.39 is 10.0 Å². The molecule has 1 heterocycles. The van der Waals surface area contributed by atoms with E-state index in [0.717, 1.165) is 24.8 Å². The summed E-state index contributed by atoms with van der Waals surface area (Å²) in [5.74, 6) is -0.236. The Morgan fingerprint density at radius 1 is 0.923 bits per heavy atom. The zero-order chi connectivity index (χ0) is 18.1. The first-order valence-electron chi connectivity index (χ1n) is 9.11. The van der Waals surface area contributed by atoms with Crippen LogP contribution in [-0.4, -0.2) is 43.8 Å². The number of halogens is 1. The molecule has 1 aliphatic carbocycles. The standard InChI is InChI=1S/C20H23FN2O2S/c21-19-6-1-3-16(13-19)15-22-9-11-23(12-10-22)26(24,25)20-8-7-17-4-2-5-18(17)14-20/h1,3,6-8,13-14H,2,4-5,9-12,15H2. The monoisotopic (exact) mass is 374 g/mol. The molecule has 6 heteroatoms. The average Bonchev–Trinajstić information content (AvgIpc) is 3.10. The molecule has 2 aliphatic rings. The topological polar surface area (TPSA) is 40.6 Å². The van der Waals surface area contributed by atoms with Crippen molar-refractivity contribution in [3.8, 4) is 0 Å². The van der Waals surface area contributed by atoms with Crippen LogP contribution in [0.2, 0.25) is 0 Å². The molecule has 0 atom stereocenters. The van der Waals surface area contributed by atoms with Crippen LogP contribution in [0.5, 0.6) is 0 Å². The van der Waals surface area contributed by atoms with Crippen molar-refractivity contribution in [2.75, 3.05) is 26.2 Å². The van der Waals surface area contributed by atoms with Gasteiger partial charge in [0, 0.05) is 32.7 Å². The summed E-state index contributed by atoms with van der Waals surface area (Å²) in [5.41, 5.74) is 3.37. The van der Waals surface area contributed by atoms with Gasteiger partial charge in [-0.25, -0.2) is 12.8 Å².